The van der Waals surface area contributed by atoms with Gasteiger partial charge in [0.1, 0.15) is 6.10 Å². The van der Waals surface area contributed by atoms with Crippen LogP contribution in [0.1, 0.15) is 45.1 Å². The number of aromatic nitrogens is 3. The molecule has 1 atom stereocenters. The highest BCUT2D eigenvalue weighted by molar-refractivity contribution is 5.96. The van der Waals surface area contributed by atoms with Crippen molar-refractivity contribution in [1.82, 2.24) is 13.7 Å². The fourth-order valence-electron chi connectivity index (χ4n) is 5.35. The lowest BCUT2D eigenvalue weighted by Crippen LogP contribution is -2.40. The summed E-state index contributed by atoms with van der Waals surface area (Å²) < 4.78 is 23.1. The van der Waals surface area contributed by atoms with Crippen LogP contribution in [0.2, 0.25) is 0 Å². The number of nitrogens with zero attached hydrogens (tertiary/aromatic N) is 3. The molecule has 0 radical (unpaired) electrons. The molecule has 2 aromatic heterocycles. The van der Waals surface area contributed by atoms with Crippen LogP contribution < -0.4 is 20.7 Å². The van der Waals surface area contributed by atoms with E-state index in [1.807, 2.05) is 62.4 Å². The van der Waals surface area contributed by atoms with Crippen molar-refractivity contribution in [1.29, 1.82) is 0 Å². The lowest BCUT2D eigenvalue weighted by molar-refractivity contribution is -0.00718. The van der Waals surface area contributed by atoms with E-state index in [2.05, 4.69) is 18.4 Å². The van der Waals surface area contributed by atoms with Crippen LogP contribution in [-0.4, -0.2) is 33.5 Å². The van der Waals surface area contributed by atoms with E-state index in [0.29, 0.717) is 42.2 Å². The molecule has 2 aromatic carbocycles. The van der Waals surface area contributed by atoms with Crippen molar-refractivity contribution in [3.63, 3.8) is 0 Å². The van der Waals surface area contributed by atoms with Crippen molar-refractivity contribution >= 4 is 10.9 Å². The molecule has 194 valence electrons. The van der Waals surface area contributed by atoms with Crippen LogP contribution in [0.25, 0.3) is 22.2 Å². The second kappa shape index (κ2) is 9.27. The highest BCUT2D eigenvalue weighted by Crippen LogP contribution is 2.46. The maximum absolute atomic E-state index is 13.7. The van der Waals surface area contributed by atoms with Crippen LogP contribution >= 0.6 is 0 Å². The molecule has 0 fully saturated rings. The van der Waals surface area contributed by atoms with Crippen molar-refractivity contribution < 1.29 is 14.2 Å². The first-order chi connectivity index (χ1) is 17.7. The molecular weight excluding hydrogens is 470 g/mol. The molecule has 0 spiro atoms. The Kier molecular flexibility index (Phi) is 6.23. The molecule has 1 unspecified atom stereocenters. The largest absolute Gasteiger partial charge is 0.490 e. The zero-order valence-corrected chi connectivity index (χ0v) is 22.2. The molecule has 4 aromatic rings. The number of hydrogen-bond donors (Lipinski definition) is 0. The number of hydrogen-bond acceptors (Lipinski definition) is 5. The van der Waals surface area contributed by atoms with Gasteiger partial charge in [-0.3, -0.25) is 13.9 Å². The molecule has 3 heterocycles. The second-order valence-corrected chi connectivity index (χ2v) is 9.94. The number of aryl methyl sites for hydroxylation is 1. The maximum atomic E-state index is 13.7. The van der Waals surface area contributed by atoms with Gasteiger partial charge in [0, 0.05) is 14.1 Å². The van der Waals surface area contributed by atoms with Crippen LogP contribution in [0, 0.1) is 0 Å². The summed E-state index contributed by atoms with van der Waals surface area (Å²) in [4.78, 5) is 26.8. The Morgan fingerprint density at radius 1 is 0.946 bits per heavy atom. The summed E-state index contributed by atoms with van der Waals surface area (Å²) in [6.07, 6.45) is -0.527. The van der Waals surface area contributed by atoms with Crippen molar-refractivity contribution in [2.45, 2.75) is 39.3 Å². The van der Waals surface area contributed by atoms with Gasteiger partial charge in [0.05, 0.1) is 47.7 Å². The minimum atomic E-state index is -0.527. The Morgan fingerprint density at radius 3 is 2.30 bits per heavy atom. The van der Waals surface area contributed by atoms with E-state index >= 15 is 0 Å². The fraction of sp³-hybridized carbons (Fsp3) is 0.379. The minimum Gasteiger partial charge on any atom is -0.490 e. The molecule has 1 aliphatic rings. The minimum absolute atomic E-state index is 0.324. The van der Waals surface area contributed by atoms with Crippen LogP contribution in [0.3, 0.4) is 0 Å². The van der Waals surface area contributed by atoms with Crippen LogP contribution in [0.15, 0.2) is 58.1 Å². The summed E-state index contributed by atoms with van der Waals surface area (Å²) in [6.45, 7) is 9.46. The molecule has 0 aliphatic carbocycles. The van der Waals surface area contributed by atoms with Gasteiger partial charge in [-0.25, -0.2) is 4.79 Å². The molecule has 8 heteroatoms. The lowest BCUT2D eigenvalue weighted by atomic mass is 9.97. The van der Waals surface area contributed by atoms with E-state index in [0.717, 1.165) is 22.5 Å². The fourth-order valence-corrected chi connectivity index (χ4v) is 5.35. The van der Waals surface area contributed by atoms with Crippen molar-refractivity contribution in [3.8, 4) is 22.8 Å². The molecule has 0 bridgehead atoms. The Labute approximate surface area is 215 Å². The summed E-state index contributed by atoms with van der Waals surface area (Å²) in [6, 6.07) is 15.6. The van der Waals surface area contributed by atoms with Gasteiger partial charge in [0.15, 0.2) is 11.5 Å². The standard InChI is InChI=1S/C29H33N3O5/c1-7-35-20-15-14-19(16-21(20)36-8-2)26-25-24-22(27(33)31(6)28(34)30(24)5)23(18-12-10-9-11-13-18)32(25)29(3,4)17-37-26/h9-16,26H,7-8,17H2,1-6H3. The summed E-state index contributed by atoms with van der Waals surface area (Å²) in [5.41, 5.74) is 2.72. The molecule has 5 rings (SSSR count). The quantitative estimate of drug-likeness (QED) is 0.391. The summed E-state index contributed by atoms with van der Waals surface area (Å²) in [7, 11) is 3.23. The molecule has 0 saturated carbocycles. The van der Waals surface area contributed by atoms with E-state index in [9.17, 15) is 9.59 Å². The number of benzene rings is 2. The van der Waals surface area contributed by atoms with Crippen molar-refractivity contribution in [3.05, 3.63) is 80.6 Å². The van der Waals surface area contributed by atoms with Crippen LogP contribution in [-0.2, 0) is 24.4 Å². The zero-order valence-electron chi connectivity index (χ0n) is 22.2. The third kappa shape index (κ3) is 3.87. The molecule has 37 heavy (non-hydrogen) atoms. The van der Waals surface area contributed by atoms with Gasteiger partial charge in [-0.2, -0.15) is 0 Å². The predicted octanol–water partition coefficient (Wildman–Crippen LogP) is 4.36. The Hall–Kier alpha value is -3.78. The number of ether oxygens (including phenoxy) is 3. The molecule has 0 amide bonds. The first kappa shape index (κ1) is 24.9. The lowest BCUT2D eigenvalue weighted by Gasteiger charge is -2.39. The van der Waals surface area contributed by atoms with Gasteiger partial charge in [-0.05, 0) is 51.0 Å². The normalized spacial score (nSPS) is 16.5. The first-order valence-corrected chi connectivity index (χ1v) is 12.6. The average Bonchev–Trinajstić information content (AvgIpc) is 3.26. The monoisotopic (exact) mass is 503 g/mol. The van der Waals surface area contributed by atoms with Crippen LogP contribution in [0.5, 0.6) is 11.5 Å². The third-order valence-electron chi connectivity index (χ3n) is 6.98. The highest BCUT2D eigenvalue weighted by atomic mass is 16.5. The van der Waals surface area contributed by atoms with Crippen molar-refractivity contribution in [2.75, 3.05) is 19.8 Å². The molecule has 8 nitrogen and oxygen atoms in total. The molecule has 0 N–H and O–H groups in total. The summed E-state index contributed by atoms with van der Waals surface area (Å²) >= 11 is 0. The Balaban J connectivity index is 1.90. The van der Waals surface area contributed by atoms with Crippen molar-refractivity contribution in [2.24, 2.45) is 14.1 Å². The summed E-state index contributed by atoms with van der Waals surface area (Å²) in [5, 5.41) is 0.505. The molecule has 0 saturated heterocycles. The third-order valence-corrected chi connectivity index (χ3v) is 6.98. The second-order valence-electron chi connectivity index (χ2n) is 9.94. The van der Waals surface area contributed by atoms with Gasteiger partial charge in [0.25, 0.3) is 5.56 Å². The van der Waals surface area contributed by atoms with Gasteiger partial charge < -0.3 is 18.8 Å². The SMILES string of the molecule is CCOc1ccc(C2OCC(C)(C)n3c(-c4ccccc4)c4c(=O)n(C)c(=O)n(C)c4c32)cc1OCC. The topological polar surface area (TPSA) is 76.6 Å². The van der Waals surface area contributed by atoms with E-state index in [4.69, 9.17) is 14.2 Å². The smallest absolute Gasteiger partial charge is 0.331 e. The van der Waals surface area contributed by atoms with E-state index < -0.39 is 11.6 Å². The number of rotatable bonds is 6. The van der Waals surface area contributed by atoms with Gasteiger partial charge in [0.2, 0.25) is 0 Å². The molecular formula is C29H33N3O5. The highest BCUT2D eigenvalue weighted by Gasteiger charge is 2.40. The maximum Gasteiger partial charge on any atom is 0.331 e. The number of fused-ring (bicyclic) bond motifs is 3. The van der Waals surface area contributed by atoms with Gasteiger partial charge in [-0.15, -0.1) is 0 Å². The average molecular weight is 504 g/mol. The summed E-state index contributed by atoms with van der Waals surface area (Å²) in [5.74, 6) is 1.29. The van der Waals surface area contributed by atoms with E-state index in [1.165, 1.54) is 11.6 Å². The van der Waals surface area contributed by atoms with E-state index in [1.54, 1.807) is 11.6 Å². The first-order valence-electron chi connectivity index (χ1n) is 12.6. The van der Waals surface area contributed by atoms with Crippen LogP contribution in [0.4, 0.5) is 0 Å². The Bertz CT molecular complexity index is 1590. The Morgan fingerprint density at radius 2 is 1.62 bits per heavy atom. The predicted molar refractivity (Wildman–Crippen MR) is 144 cm³/mol. The van der Waals surface area contributed by atoms with E-state index in [-0.39, 0.29) is 11.2 Å². The molecule has 1 aliphatic heterocycles. The van der Waals surface area contributed by atoms with Gasteiger partial charge in [-0.1, -0.05) is 36.4 Å². The zero-order chi connectivity index (χ0) is 26.5. The van der Waals surface area contributed by atoms with Gasteiger partial charge >= 0.3 is 5.69 Å².